The molecule has 1 saturated heterocycles. The van der Waals surface area contributed by atoms with Crippen LogP contribution in [0, 0.1) is 0 Å². The zero-order valence-electron chi connectivity index (χ0n) is 12.3. The second-order valence-corrected chi connectivity index (χ2v) is 5.44. The summed E-state index contributed by atoms with van der Waals surface area (Å²) in [4.78, 5) is 14.0. The summed E-state index contributed by atoms with van der Waals surface area (Å²) < 4.78 is 0. The van der Waals surface area contributed by atoms with Gasteiger partial charge in [0.25, 0.3) is 0 Å². The van der Waals surface area contributed by atoms with Crippen molar-refractivity contribution in [3.8, 4) is 0 Å². The highest BCUT2D eigenvalue weighted by Gasteiger charge is 2.22. The van der Waals surface area contributed by atoms with Crippen LogP contribution in [0.1, 0.15) is 25.3 Å². The fourth-order valence-corrected chi connectivity index (χ4v) is 2.55. The Morgan fingerprint density at radius 2 is 2.15 bits per heavy atom. The number of carbonyl (C=O) groups excluding carboxylic acids is 1. The van der Waals surface area contributed by atoms with E-state index in [0.717, 1.165) is 39.0 Å². The first-order valence-corrected chi connectivity index (χ1v) is 7.54. The molecule has 1 aromatic rings. The quantitative estimate of drug-likeness (QED) is 0.790. The normalized spacial score (nSPS) is 19.1. The average Bonchev–Trinajstić information content (AvgIpc) is 2.91. The number of hydrogen-bond donors (Lipinski definition) is 2. The summed E-state index contributed by atoms with van der Waals surface area (Å²) in [6.07, 6.45) is 2.11. The number of nitrogens with zero attached hydrogens (tertiary/aromatic N) is 1. The van der Waals surface area contributed by atoms with Gasteiger partial charge in [0.2, 0.25) is 5.91 Å². The van der Waals surface area contributed by atoms with Crippen molar-refractivity contribution in [2.75, 3.05) is 26.2 Å². The van der Waals surface area contributed by atoms with Crippen molar-refractivity contribution in [1.82, 2.24) is 15.5 Å². The minimum atomic E-state index is 0.105. The van der Waals surface area contributed by atoms with Crippen molar-refractivity contribution in [3.63, 3.8) is 0 Å². The van der Waals surface area contributed by atoms with Crippen LogP contribution in [0.15, 0.2) is 30.3 Å². The number of benzene rings is 1. The Morgan fingerprint density at radius 3 is 2.90 bits per heavy atom. The van der Waals surface area contributed by atoms with Gasteiger partial charge in [-0.3, -0.25) is 9.69 Å². The number of likely N-dealkylation sites (tertiary alicyclic amines) is 1. The summed E-state index contributed by atoms with van der Waals surface area (Å²) in [5.41, 5.74) is 1.36. The Morgan fingerprint density at radius 1 is 1.35 bits per heavy atom. The van der Waals surface area contributed by atoms with Crippen LogP contribution in [0.3, 0.4) is 0 Å². The Balaban J connectivity index is 1.66. The minimum Gasteiger partial charge on any atom is -0.355 e. The Labute approximate surface area is 121 Å². The van der Waals surface area contributed by atoms with E-state index in [1.54, 1.807) is 0 Å². The SMILES string of the molecule is CCCNC(=O)CNC1CCN(Cc2ccccc2)C1. The summed E-state index contributed by atoms with van der Waals surface area (Å²) >= 11 is 0. The van der Waals surface area contributed by atoms with Crippen LogP contribution in [-0.4, -0.2) is 43.0 Å². The highest BCUT2D eigenvalue weighted by Crippen LogP contribution is 2.13. The molecule has 1 aliphatic rings. The van der Waals surface area contributed by atoms with Crippen LogP contribution in [0.2, 0.25) is 0 Å². The first kappa shape index (κ1) is 15.0. The van der Waals surface area contributed by atoms with E-state index in [0.29, 0.717) is 12.6 Å². The fourth-order valence-electron chi connectivity index (χ4n) is 2.55. The molecule has 0 bridgehead atoms. The fraction of sp³-hybridized carbons (Fsp3) is 0.562. The van der Waals surface area contributed by atoms with E-state index < -0.39 is 0 Å². The van der Waals surface area contributed by atoms with Crippen molar-refractivity contribution in [2.45, 2.75) is 32.4 Å². The summed E-state index contributed by atoms with van der Waals surface area (Å²) in [5, 5.41) is 6.24. The molecule has 0 spiro atoms. The van der Waals surface area contributed by atoms with Crippen molar-refractivity contribution in [2.24, 2.45) is 0 Å². The van der Waals surface area contributed by atoms with E-state index in [2.05, 4.69) is 46.7 Å². The molecule has 1 heterocycles. The highest BCUT2D eigenvalue weighted by atomic mass is 16.1. The summed E-state index contributed by atoms with van der Waals surface area (Å²) in [6.45, 7) is 6.39. The molecular weight excluding hydrogens is 250 g/mol. The van der Waals surface area contributed by atoms with Crippen LogP contribution < -0.4 is 10.6 Å². The summed E-state index contributed by atoms with van der Waals surface area (Å²) in [5.74, 6) is 0.105. The van der Waals surface area contributed by atoms with Crippen LogP contribution in [-0.2, 0) is 11.3 Å². The van der Waals surface area contributed by atoms with Gasteiger partial charge < -0.3 is 10.6 Å². The number of amides is 1. The van der Waals surface area contributed by atoms with E-state index >= 15 is 0 Å². The van der Waals surface area contributed by atoms with Gasteiger partial charge in [-0.15, -0.1) is 0 Å². The zero-order chi connectivity index (χ0) is 14.2. The number of hydrogen-bond acceptors (Lipinski definition) is 3. The van der Waals surface area contributed by atoms with Gasteiger partial charge in [-0.05, 0) is 18.4 Å². The maximum atomic E-state index is 11.5. The van der Waals surface area contributed by atoms with E-state index in [-0.39, 0.29) is 5.91 Å². The molecule has 1 aliphatic heterocycles. The van der Waals surface area contributed by atoms with Crippen molar-refractivity contribution in [3.05, 3.63) is 35.9 Å². The zero-order valence-corrected chi connectivity index (χ0v) is 12.3. The van der Waals surface area contributed by atoms with Gasteiger partial charge in [0, 0.05) is 32.2 Å². The molecule has 4 heteroatoms. The van der Waals surface area contributed by atoms with Crippen molar-refractivity contribution < 1.29 is 4.79 Å². The lowest BCUT2D eigenvalue weighted by molar-refractivity contribution is -0.120. The topological polar surface area (TPSA) is 44.4 Å². The maximum Gasteiger partial charge on any atom is 0.233 e. The first-order chi connectivity index (χ1) is 9.78. The van der Waals surface area contributed by atoms with Crippen LogP contribution >= 0.6 is 0 Å². The minimum absolute atomic E-state index is 0.105. The molecule has 4 nitrogen and oxygen atoms in total. The van der Waals surface area contributed by atoms with Crippen LogP contribution in [0.4, 0.5) is 0 Å². The predicted octanol–water partition coefficient (Wildman–Crippen LogP) is 1.38. The highest BCUT2D eigenvalue weighted by molar-refractivity contribution is 5.77. The largest absolute Gasteiger partial charge is 0.355 e. The molecule has 110 valence electrons. The molecule has 20 heavy (non-hydrogen) atoms. The lowest BCUT2D eigenvalue weighted by Gasteiger charge is -2.16. The van der Waals surface area contributed by atoms with Gasteiger partial charge in [-0.2, -0.15) is 0 Å². The molecule has 0 aromatic heterocycles. The van der Waals surface area contributed by atoms with Gasteiger partial charge in [0.05, 0.1) is 6.54 Å². The van der Waals surface area contributed by atoms with Gasteiger partial charge in [0.15, 0.2) is 0 Å². The monoisotopic (exact) mass is 275 g/mol. The standard InChI is InChI=1S/C16H25N3O/c1-2-9-17-16(20)11-18-15-8-10-19(13-15)12-14-6-4-3-5-7-14/h3-7,15,18H,2,8-13H2,1H3,(H,17,20). The lowest BCUT2D eigenvalue weighted by Crippen LogP contribution is -2.40. The molecule has 2 N–H and O–H groups in total. The average molecular weight is 275 g/mol. The predicted molar refractivity (Wildman–Crippen MR) is 81.4 cm³/mol. The smallest absolute Gasteiger partial charge is 0.233 e. The molecule has 1 aromatic carbocycles. The second-order valence-electron chi connectivity index (χ2n) is 5.44. The number of nitrogens with one attached hydrogen (secondary N) is 2. The summed E-state index contributed by atoms with van der Waals surface area (Å²) in [7, 11) is 0. The second kappa shape index (κ2) is 8.02. The Hall–Kier alpha value is -1.39. The molecule has 0 saturated carbocycles. The van der Waals surface area contributed by atoms with Crippen molar-refractivity contribution >= 4 is 5.91 Å². The van der Waals surface area contributed by atoms with Crippen LogP contribution in [0.5, 0.6) is 0 Å². The first-order valence-electron chi connectivity index (χ1n) is 7.54. The Bertz CT molecular complexity index is 407. The van der Waals surface area contributed by atoms with Crippen molar-refractivity contribution in [1.29, 1.82) is 0 Å². The Kier molecular flexibility index (Phi) is 6.02. The van der Waals surface area contributed by atoms with E-state index in [9.17, 15) is 4.79 Å². The number of rotatable bonds is 7. The molecule has 1 unspecified atom stereocenters. The van der Waals surface area contributed by atoms with E-state index in [1.807, 2.05) is 6.07 Å². The maximum absolute atomic E-state index is 11.5. The molecule has 0 aliphatic carbocycles. The molecule has 2 rings (SSSR count). The van der Waals surface area contributed by atoms with Crippen LogP contribution in [0.25, 0.3) is 0 Å². The van der Waals surface area contributed by atoms with Gasteiger partial charge in [-0.1, -0.05) is 37.3 Å². The molecule has 0 radical (unpaired) electrons. The van der Waals surface area contributed by atoms with E-state index in [4.69, 9.17) is 0 Å². The number of carbonyl (C=O) groups is 1. The molecule has 1 amide bonds. The lowest BCUT2D eigenvalue weighted by atomic mass is 10.2. The molecule has 1 fully saturated rings. The summed E-state index contributed by atoms with van der Waals surface area (Å²) in [6, 6.07) is 11.0. The third-order valence-electron chi connectivity index (χ3n) is 3.64. The molecule has 1 atom stereocenters. The van der Waals surface area contributed by atoms with E-state index in [1.165, 1.54) is 5.56 Å². The third-order valence-corrected chi connectivity index (χ3v) is 3.64. The third kappa shape index (κ3) is 4.94. The molecular formula is C16H25N3O. The van der Waals surface area contributed by atoms with Gasteiger partial charge in [-0.25, -0.2) is 0 Å². The van der Waals surface area contributed by atoms with Gasteiger partial charge in [0.1, 0.15) is 0 Å². The van der Waals surface area contributed by atoms with Gasteiger partial charge >= 0.3 is 0 Å².